The molecule has 9 nitrogen and oxygen atoms in total. The second-order valence-electron chi connectivity index (χ2n) is 8.95. The second kappa shape index (κ2) is 13.0. The topological polar surface area (TPSA) is 109 Å². The first-order valence-electron chi connectivity index (χ1n) is 12.5. The van der Waals surface area contributed by atoms with Gasteiger partial charge in [-0.2, -0.15) is 0 Å². The van der Waals surface area contributed by atoms with Gasteiger partial charge in [0, 0.05) is 37.1 Å². The minimum absolute atomic E-state index is 0.0412. The molecule has 10 heteroatoms. The Morgan fingerprint density at radius 1 is 1.11 bits per heavy atom. The predicted molar refractivity (Wildman–Crippen MR) is 137 cm³/mol. The first-order chi connectivity index (χ1) is 18.0. The zero-order valence-electron chi connectivity index (χ0n) is 21.0. The lowest BCUT2D eigenvalue weighted by atomic mass is 10.1. The summed E-state index contributed by atoms with van der Waals surface area (Å²) in [5.74, 6) is 0.632. The molecule has 2 aromatic carbocycles. The van der Waals surface area contributed by atoms with Crippen LogP contribution in [0.3, 0.4) is 0 Å². The minimum atomic E-state index is -0.398. The summed E-state index contributed by atoms with van der Waals surface area (Å²) in [7, 11) is 1.49. The molecule has 37 heavy (non-hydrogen) atoms. The number of ether oxygens (including phenoxy) is 2. The Morgan fingerprint density at radius 3 is 2.68 bits per heavy atom. The van der Waals surface area contributed by atoms with Crippen LogP contribution < -0.4 is 20.3 Å². The zero-order chi connectivity index (χ0) is 26.0. The van der Waals surface area contributed by atoms with Crippen LogP contribution in [-0.4, -0.2) is 59.3 Å². The largest absolute Gasteiger partial charge is 0.493 e. The smallest absolute Gasteiger partial charge is 0.273 e. The Balaban J connectivity index is 1.32. The molecule has 2 heterocycles. The molecule has 0 bridgehead atoms. The molecular formula is C27H32FN5O4. The van der Waals surface area contributed by atoms with Crippen molar-refractivity contribution in [2.45, 2.75) is 38.7 Å². The van der Waals surface area contributed by atoms with E-state index in [9.17, 15) is 14.0 Å². The van der Waals surface area contributed by atoms with E-state index in [-0.39, 0.29) is 42.7 Å². The lowest BCUT2D eigenvalue weighted by molar-refractivity contribution is -0.121. The van der Waals surface area contributed by atoms with Crippen LogP contribution in [-0.2, 0) is 17.8 Å². The number of methoxy groups -OCH3 is 1. The molecule has 1 aliphatic rings. The van der Waals surface area contributed by atoms with Gasteiger partial charge >= 0.3 is 0 Å². The number of carbonyl (C=O) groups is 1. The number of carbonyl (C=O) groups excluding carboxylic acids is 1. The number of amides is 1. The summed E-state index contributed by atoms with van der Waals surface area (Å²) in [6.45, 7) is 3.66. The normalized spacial score (nSPS) is 13.8. The van der Waals surface area contributed by atoms with Gasteiger partial charge in [-0.05, 0) is 50.2 Å². The predicted octanol–water partition coefficient (Wildman–Crippen LogP) is 3.09. The fraction of sp³-hybridized carbons (Fsp3) is 0.407. The van der Waals surface area contributed by atoms with Crippen LogP contribution in [0.25, 0.3) is 11.4 Å². The molecule has 0 spiro atoms. The summed E-state index contributed by atoms with van der Waals surface area (Å²) in [5.41, 5.74) is 0.800. The first-order valence-corrected chi connectivity index (χ1v) is 12.5. The Bertz CT molecular complexity index is 1260. The third kappa shape index (κ3) is 7.36. The van der Waals surface area contributed by atoms with Crippen molar-refractivity contribution in [1.82, 2.24) is 25.4 Å². The maximum atomic E-state index is 13.9. The van der Waals surface area contributed by atoms with Gasteiger partial charge in [0.05, 0.1) is 7.11 Å². The Morgan fingerprint density at radius 2 is 1.92 bits per heavy atom. The monoisotopic (exact) mass is 509 g/mol. The number of halogens is 1. The van der Waals surface area contributed by atoms with Crippen molar-refractivity contribution in [3.63, 3.8) is 0 Å². The lowest BCUT2D eigenvalue weighted by Crippen LogP contribution is -2.37. The summed E-state index contributed by atoms with van der Waals surface area (Å²) in [6, 6.07) is 11.4. The Labute approximate surface area is 215 Å². The number of hydrogen-bond donors (Lipinski definition) is 2. The average molecular weight is 510 g/mol. The Hall–Kier alpha value is -3.79. The molecular weight excluding hydrogens is 477 g/mol. The molecule has 0 unspecified atom stereocenters. The third-order valence-electron chi connectivity index (χ3n) is 6.33. The van der Waals surface area contributed by atoms with Crippen LogP contribution in [0, 0.1) is 5.82 Å². The van der Waals surface area contributed by atoms with Gasteiger partial charge in [-0.15, -0.1) is 10.2 Å². The van der Waals surface area contributed by atoms with Crippen molar-refractivity contribution in [2.24, 2.45) is 0 Å². The fourth-order valence-electron chi connectivity index (χ4n) is 4.22. The summed E-state index contributed by atoms with van der Waals surface area (Å²) in [6.07, 6.45) is 4.07. The van der Waals surface area contributed by atoms with Crippen LogP contribution >= 0.6 is 0 Å². The highest BCUT2D eigenvalue weighted by Gasteiger charge is 2.14. The van der Waals surface area contributed by atoms with Crippen LogP contribution in [0.15, 0.2) is 47.3 Å². The average Bonchev–Trinajstić information content (AvgIpc) is 2.92. The summed E-state index contributed by atoms with van der Waals surface area (Å²) >= 11 is 0. The molecule has 1 saturated heterocycles. The number of hydrogen-bond acceptors (Lipinski definition) is 7. The number of aromatic nitrogens is 3. The lowest BCUT2D eigenvalue weighted by Gasteiger charge is -2.26. The van der Waals surface area contributed by atoms with E-state index < -0.39 is 5.56 Å². The highest BCUT2D eigenvalue weighted by molar-refractivity contribution is 5.76. The van der Waals surface area contributed by atoms with Crippen LogP contribution in [0.2, 0.25) is 0 Å². The van der Waals surface area contributed by atoms with Crippen molar-refractivity contribution >= 4 is 5.91 Å². The van der Waals surface area contributed by atoms with E-state index in [1.165, 1.54) is 32.4 Å². The number of aromatic amines is 1. The number of piperidine rings is 1. The van der Waals surface area contributed by atoms with Gasteiger partial charge in [0.1, 0.15) is 18.1 Å². The maximum absolute atomic E-state index is 13.9. The van der Waals surface area contributed by atoms with Gasteiger partial charge in [-0.1, -0.05) is 24.6 Å². The molecule has 196 valence electrons. The summed E-state index contributed by atoms with van der Waals surface area (Å²) in [4.78, 5) is 29.8. The molecule has 1 aliphatic heterocycles. The van der Waals surface area contributed by atoms with Crippen LogP contribution in [0.5, 0.6) is 11.5 Å². The van der Waals surface area contributed by atoms with E-state index in [0.717, 1.165) is 19.6 Å². The second-order valence-corrected chi connectivity index (χ2v) is 8.95. The minimum Gasteiger partial charge on any atom is -0.493 e. The van der Waals surface area contributed by atoms with E-state index in [0.29, 0.717) is 29.2 Å². The van der Waals surface area contributed by atoms with E-state index >= 15 is 0 Å². The molecule has 1 aromatic heterocycles. The van der Waals surface area contributed by atoms with Gasteiger partial charge in [-0.3, -0.25) is 9.59 Å². The third-order valence-corrected chi connectivity index (χ3v) is 6.33. The van der Waals surface area contributed by atoms with Crippen LogP contribution in [0.1, 0.15) is 36.9 Å². The standard InChI is InChI=1S/C27H32FN5O4/c1-36-24-17-19(9-11-23(24)37-18-20-7-3-4-8-21(20)28)26-30-27(35)22(31-32-26)10-12-25(34)29-13-16-33-14-5-2-6-15-33/h3-4,7-9,11,17H,2,5-6,10,12-16,18H2,1H3,(H,29,34)(H,30,32,35). The van der Waals surface area contributed by atoms with Crippen LogP contribution in [0.4, 0.5) is 4.39 Å². The summed E-state index contributed by atoms with van der Waals surface area (Å²) in [5, 5.41) is 11.1. The zero-order valence-corrected chi connectivity index (χ0v) is 21.0. The fourth-order valence-corrected chi connectivity index (χ4v) is 4.22. The first kappa shape index (κ1) is 26.3. The molecule has 1 fully saturated rings. The molecule has 0 radical (unpaired) electrons. The number of nitrogens with zero attached hydrogens (tertiary/aromatic N) is 3. The van der Waals surface area contributed by atoms with E-state index in [1.54, 1.807) is 36.4 Å². The van der Waals surface area contributed by atoms with Crippen molar-refractivity contribution in [3.8, 4) is 22.9 Å². The van der Waals surface area contributed by atoms with Gasteiger partial charge in [0.25, 0.3) is 5.56 Å². The van der Waals surface area contributed by atoms with Crippen molar-refractivity contribution in [3.05, 3.63) is 69.9 Å². The number of benzene rings is 2. The molecule has 1 amide bonds. The van der Waals surface area contributed by atoms with Gasteiger partial charge in [0.15, 0.2) is 17.3 Å². The molecule has 4 rings (SSSR count). The molecule has 0 saturated carbocycles. The van der Waals surface area contributed by atoms with Crippen molar-refractivity contribution < 1.29 is 18.7 Å². The molecule has 0 aliphatic carbocycles. The van der Waals surface area contributed by atoms with E-state index in [4.69, 9.17) is 9.47 Å². The number of rotatable bonds is 11. The maximum Gasteiger partial charge on any atom is 0.273 e. The van der Waals surface area contributed by atoms with Crippen molar-refractivity contribution in [2.75, 3.05) is 33.3 Å². The van der Waals surface area contributed by atoms with Gasteiger partial charge < -0.3 is 24.7 Å². The quantitative estimate of drug-likeness (QED) is 0.409. The number of likely N-dealkylation sites (tertiary alicyclic amines) is 1. The SMILES string of the molecule is COc1cc(-c2nnc(CCC(=O)NCCN3CCCCC3)c(=O)[nH]2)ccc1OCc1ccccc1F. The highest BCUT2D eigenvalue weighted by atomic mass is 19.1. The molecule has 2 N–H and O–H groups in total. The number of nitrogens with one attached hydrogen (secondary N) is 2. The Kier molecular flexibility index (Phi) is 9.20. The van der Waals surface area contributed by atoms with Gasteiger partial charge in [0.2, 0.25) is 5.91 Å². The summed E-state index contributed by atoms with van der Waals surface area (Å²) < 4.78 is 25.0. The van der Waals surface area contributed by atoms with Gasteiger partial charge in [-0.25, -0.2) is 4.39 Å². The number of H-pyrrole nitrogens is 1. The van der Waals surface area contributed by atoms with Crippen molar-refractivity contribution in [1.29, 1.82) is 0 Å². The molecule has 0 atom stereocenters. The molecule has 3 aromatic rings. The highest BCUT2D eigenvalue weighted by Crippen LogP contribution is 2.31. The van der Waals surface area contributed by atoms with E-state index in [1.807, 2.05) is 0 Å². The van der Waals surface area contributed by atoms with E-state index in [2.05, 4.69) is 25.4 Å². The number of aryl methyl sites for hydroxylation is 1.